The van der Waals surface area contributed by atoms with E-state index in [0.717, 1.165) is 24.8 Å². The lowest BCUT2D eigenvalue weighted by molar-refractivity contribution is 0.408. The van der Waals surface area contributed by atoms with Crippen molar-refractivity contribution in [3.05, 3.63) is 30.3 Å². The molecular weight excluding hydrogens is 248 g/mol. The molecule has 108 valence electrons. The molecule has 1 saturated heterocycles. The maximum atomic E-state index is 5.38. The molecule has 0 radical (unpaired) electrons. The van der Waals surface area contributed by atoms with Crippen LogP contribution < -0.4 is 5.01 Å². The number of hydrogen-bond donors (Lipinski definition) is 0. The van der Waals surface area contributed by atoms with Crippen LogP contribution in [-0.2, 0) is 4.74 Å². The number of hydrogen-bond acceptors (Lipinski definition) is 3. The van der Waals surface area contributed by atoms with Crippen molar-refractivity contribution in [2.45, 2.75) is 39.2 Å². The van der Waals surface area contributed by atoms with Crippen LogP contribution in [0, 0.1) is 11.8 Å². The third-order valence-corrected chi connectivity index (χ3v) is 4.51. The molecule has 3 rings (SSSR count). The van der Waals surface area contributed by atoms with Gasteiger partial charge in [-0.1, -0.05) is 38.0 Å². The molecule has 1 aliphatic heterocycles. The van der Waals surface area contributed by atoms with Gasteiger partial charge in [-0.05, 0) is 31.4 Å². The number of para-hydroxylation sites is 1. The zero-order valence-electron chi connectivity index (χ0n) is 12.5. The molecule has 0 spiro atoms. The molecule has 3 heteroatoms. The van der Waals surface area contributed by atoms with E-state index in [1.807, 2.05) is 6.07 Å². The van der Waals surface area contributed by atoms with E-state index in [1.165, 1.54) is 25.0 Å². The van der Waals surface area contributed by atoms with Gasteiger partial charge in [0.25, 0.3) is 0 Å². The smallest absolute Gasteiger partial charge is 0.101 e. The minimum atomic E-state index is 0.354. The van der Waals surface area contributed by atoms with E-state index in [1.54, 1.807) is 0 Å². The Morgan fingerprint density at radius 2 is 2.05 bits per heavy atom. The SMILES string of the molecule is C/C(=N\N(CC1CO1)c1ccccc1)C1CCCC1C. The Morgan fingerprint density at radius 3 is 2.65 bits per heavy atom. The first kappa shape index (κ1) is 13.6. The molecule has 1 aliphatic carbocycles. The fourth-order valence-corrected chi connectivity index (χ4v) is 3.20. The molecular formula is C17H24N2O. The molecule has 3 nitrogen and oxygen atoms in total. The number of epoxide rings is 1. The van der Waals surface area contributed by atoms with Crippen molar-refractivity contribution in [2.75, 3.05) is 18.2 Å². The fourth-order valence-electron chi connectivity index (χ4n) is 3.20. The zero-order valence-corrected chi connectivity index (χ0v) is 12.5. The Morgan fingerprint density at radius 1 is 1.30 bits per heavy atom. The molecule has 20 heavy (non-hydrogen) atoms. The highest BCUT2D eigenvalue weighted by molar-refractivity contribution is 5.85. The lowest BCUT2D eigenvalue weighted by Gasteiger charge is -2.22. The van der Waals surface area contributed by atoms with Crippen molar-refractivity contribution in [1.29, 1.82) is 0 Å². The number of hydrazone groups is 1. The summed E-state index contributed by atoms with van der Waals surface area (Å²) in [6.45, 7) is 6.28. The van der Waals surface area contributed by atoms with Crippen LogP contribution in [0.5, 0.6) is 0 Å². The Bertz CT molecular complexity index is 467. The Hall–Kier alpha value is -1.35. The van der Waals surface area contributed by atoms with E-state index in [9.17, 15) is 0 Å². The van der Waals surface area contributed by atoms with E-state index in [2.05, 4.69) is 43.1 Å². The molecule has 0 amide bonds. The number of rotatable bonds is 5. The van der Waals surface area contributed by atoms with Crippen molar-refractivity contribution in [1.82, 2.24) is 0 Å². The first-order valence-corrected chi connectivity index (χ1v) is 7.73. The zero-order chi connectivity index (χ0) is 13.9. The Kier molecular flexibility index (Phi) is 4.06. The molecule has 2 aliphatic rings. The maximum absolute atomic E-state index is 5.38. The van der Waals surface area contributed by atoms with E-state index < -0.39 is 0 Å². The summed E-state index contributed by atoms with van der Waals surface area (Å²) in [5.74, 6) is 1.43. The van der Waals surface area contributed by atoms with Gasteiger partial charge in [-0.2, -0.15) is 5.10 Å². The fraction of sp³-hybridized carbons (Fsp3) is 0.588. The van der Waals surface area contributed by atoms with E-state index >= 15 is 0 Å². The van der Waals surface area contributed by atoms with Crippen molar-refractivity contribution in [2.24, 2.45) is 16.9 Å². The average Bonchev–Trinajstić information content (AvgIpc) is 3.18. The van der Waals surface area contributed by atoms with Gasteiger partial charge < -0.3 is 4.74 Å². The van der Waals surface area contributed by atoms with Crippen LogP contribution in [0.3, 0.4) is 0 Å². The third kappa shape index (κ3) is 3.21. The summed E-state index contributed by atoms with van der Waals surface area (Å²) < 4.78 is 5.38. The molecule has 0 aromatic heterocycles. The average molecular weight is 272 g/mol. The van der Waals surface area contributed by atoms with Crippen LogP contribution in [0.4, 0.5) is 5.69 Å². The highest BCUT2D eigenvalue weighted by atomic mass is 16.6. The molecule has 2 fully saturated rings. The summed E-state index contributed by atoms with van der Waals surface area (Å²) in [5.41, 5.74) is 2.44. The quantitative estimate of drug-likeness (QED) is 0.464. The Labute approximate surface area is 121 Å². The van der Waals surface area contributed by atoms with Crippen LogP contribution in [0.15, 0.2) is 35.4 Å². The minimum absolute atomic E-state index is 0.354. The van der Waals surface area contributed by atoms with E-state index in [-0.39, 0.29) is 0 Å². The van der Waals surface area contributed by atoms with E-state index in [0.29, 0.717) is 12.0 Å². The first-order chi connectivity index (χ1) is 9.74. The van der Waals surface area contributed by atoms with Crippen LogP contribution in [0.1, 0.15) is 33.1 Å². The van der Waals surface area contributed by atoms with Crippen LogP contribution >= 0.6 is 0 Å². The summed E-state index contributed by atoms with van der Waals surface area (Å²) >= 11 is 0. The number of ether oxygens (including phenoxy) is 1. The van der Waals surface area contributed by atoms with Crippen molar-refractivity contribution >= 4 is 11.4 Å². The molecule has 1 saturated carbocycles. The van der Waals surface area contributed by atoms with Crippen LogP contribution in [-0.4, -0.2) is 25.0 Å². The monoisotopic (exact) mass is 272 g/mol. The first-order valence-electron chi connectivity index (χ1n) is 7.73. The van der Waals surface area contributed by atoms with Crippen LogP contribution in [0.25, 0.3) is 0 Å². The number of nitrogens with zero attached hydrogens (tertiary/aromatic N) is 2. The van der Waals surface area contributed by atoms with Gasteiger partial charge in [0.05, 0.1) is 18.8 Å². The van der Waals surface area contributed by atoms with Gasteiger partial charge in [-0.3, -0.25) is 5.01 Å². The van der Waals surface area contributed by atoms with Gasteiger partial charge >= 0.3 is 0 Å². The van der Waals surface area contributed by atoms with Gasteiger partial charge in [-0.15, -0.1) is 0 Å². The predicted molar refractivity (Wildman–Crippen MR) is 83.1 cm³/mol. The lowest BCUT2D eigenvalue weighted by atomic mass is 9.94. The van der Waals surface area contributed by atoms with Crippen molar-refractivity contribution in [3.63, 3.8) is 0 Å². The summed E-state index contributed by atoms with van der Waals surface area (Å²) in [5, 5.41) is 7.05. The highest BCUT2D eigenvalue weighted by Crippen LogP contribution is 2.32. The summed E-state index contributed by atoms with van der Waals surface area (Å²) in [7, 11) is 0. The van der Waals surface area contributed by atoms with Gasteiger partial charge in [0.1, 0.15) is 6.10 Å². The summed E-state index contributed by atoms with van der Waals surface area (Å²) in [6, 6.07) is 10.4. The summed E-state index contributed by atoms with van der Waals surface area (Å²) in [4.78, 5) is 0. The molecule has 3 unspecified atom stereocenters. The standard InChI is InChI=1S/C17H24N2O/c1-13-7-6-10-17(13)14(2)18-19(11-16-12-20-16)15-8-4-3-5-9-15/h3-5,8-9,13,16-17H,6-7,10-12H2,1-2H3/b18-14+. The second kappa shape index (κ2) is 5.96. The van der Waals surface area contributed by atoms with Crippen molar-refractivity contribution < 1.29 is 4.74 Å². The molecule has 0 bridgehead atoms. The Balaban J connectivity index is 1.78. The predicted octanol–water partition coefficient (Wildman–Crippen LogP) is 3.70. The van der Waals surface area contributed by atoms with Gasteiger partial charge in [0, 0.05) is 11.6 Å². The lowest BCUT2D eigenvalue weighted by Crippen LogP contribution is -2.26. The largest absolute Gasteiger partial charge is 0.371 e. The summed E-state index contributed by atoms with van der Waals surface area (Å²) in [6.07, 6.45) is 4.33. The molecule has 3 atom stereocenters. The number of anilines is 1. The van der Waals surface area contributed by atoms with Gasteiger partial charge in [0.2, 0.25) is 0 Å². The second-order valence-electron chi connectivity index (χ2n) is 6.13. The second-order valence-corrected chi connectivity index (χ2v) is 6.13. The molecule has 1 heterocycles. The normalized spacial score (nSPS) is 29.5. The topological polar surface area (TPSA) is 28.1 Å². The molecule has 0 N–H and O–H groups in total. The molecule has 1 aromatic carbocycles. The number of benzene rings is 1. The van der Waals surface area contributed by atoms with Crippen LogP contribution in [0.2, 0.25) is 0 Å². The van der Waals surface area contributed by atoms with Gasteiger partial charge in [0.15, 0.2) is 0 Å². The van der Waals surface area contributed by atoms with E-state index in [4.69, 9.17) is 9.84 Å². The minimum Gasteiger partial charge on any atom is -0.371 e. The maximum Gasteiger partial charge on any atom is 0.101 e. The third-order valence-electron chi connectivity index (χ3n) is 4.51. The van der Waals surface area contributed by atoms with Crippen molar-refractivity contribution in [3.8, 4) is 0 Å². The van der Waals surface area contributed by atoms with Gasteiger partial charge in [-0.25, -0.2) is 0 Å². The molecule has 1 aromatic rings. The highest BCUT2D eigenvalue weighted by Gasteiger charge is 2.28.